The zero-order valence-electron chi connectivity index (χ0n) is 12.1. The maximum absolute atomic E-state index is 12.1. The summed E-state index contributed by atoms with van der Waals surface area (Å²) in [6.07, 6.45) is 0. The van der Waals surface area contributed by atoms with E-state index in [0.717, 1.165) is 10.6 Å². The van der Waals surface area contributed by atoms with E-state index in [-0.39, 0.29) is 5.91 Å². The van der Waals surface area contributed by atoms with Gasteiger partial charge in [-0.25, -0.2) is 0 Å². The Kier molecular flexibility index (Phi) is 5.15. The molecule has 0 atom stereocenters. The van der Waals surface area contributed by atoms with E-state index in [1.54, 1.807) is 11.4 Å². The monoisotopic (exact) mass is 298 g/mol. The van der Waals surface area contributed by atoms with Crippen LogP contribution in [0.3, 0.4) is 0 Å². The number of hydrogen-bond acceptors (Lipinski definition) is 3. The summed E-state index contributed by atoms with van der Waals surface area (Å²) in [6, 6.07) is 9.70. The summed E-state index contributed by atoms with van der Waals surface area (Å²) in [6.45, 7) is 4.60. The van der Waals surface area contributed by atoms with Crippen LogP contribution in [-0.4, -0.2) is 12.5 Å². The highest BCUT2D eigenvalue weighted by Gasteiger charge is 2.08. The van der Waals surface area contributed by atoms with Crippen LogP contribution < -0.4 is 11.1 Å². The van der Waals surface area contributed by atoms with Gasteiger partial charge < -0.3 is 11.1 Å². The van der Waals surface area contributed by atoms with Crippen molar-refractivity contribution in [1.82, 2.24) is 0 Å². The molecule has 0 aliphatic carbocycles. The molecule has 0 aliphatic heterocycles. The van der Waals surface area contributed by atoms with Crippen molar-refractivity contribution in [3.8, 4) is 11.8 Å². The summed E-state index contributed by atoms with van der Waals surface area (Å²) in [5, 5.41) is 4.69. The molecule has 0 fully saturated rings. The summed E-state index contributed by atoms with van der Waals surface area (Å²) in [5.74, 6) is 6.07. The molecule has 0 spiro atoms. The number of thiophene rings is 1. The van der Waals surface area contributed by atoms with E-state index < -0.39 is 0 Å². The molecule has 108 valence electrons. The minimum absolute atomic E-state index is 0.121. The molecule has 0 saturated heterocycles. The van der Waals surface area contributed by atoms with Gasteiger partial charge in [0.15, 0.2) is 0 Å². The van der Waals surface area contributed by atoms with E-state index >= 15 is 0 Å². The van der Waals surface area contributed by atoms with Gasteiger partial charge in [-0.3, -0.25) is 4.79 Å². The van der Waals surface area contributed by atoms with E-state index in [2.05, 4.69) is 31.0 Å². The molecule has 4 heteroatoms. The van der Waals surface area contributed by atoms with Gasteiger partial charge in [0.1, 0.15) is 0 Å². The molecule has 21 heavy (non-hydrogen) atoms. The van der Waals surface area contributed by atoms with Gasteiger partial charge in [-0.2, -0.15) is 0 Å². The first-order chi connectivity index (χ1) is 10.1. The van der Waals surface area contributed by atoms with Crippen LogP contribution >= 0.6 is 11.3 Å². The Morgan fingerprint density at radius 3 is 2.67 bits per heavy atom. The molecule has 1 aromatic carbocycles. The zero-order chi connectivity index (χ0) is 15.2. The minimum Gasteiger partial charge on any atom is -0.322 e. The topological polar surface area (TPSA) is 55.1 Å². The molecule has 0 saturated carbocycles. The lowest BCUT2D eigenvalue weighted by Gasteiger charge is -2.07. The minimum atomic E-state index is -0.121. The number of amides is 1. The summed E-state index contributed by atoms with van der Waals surface area (Å²) in [7, 11) is 0. The third-order valence-electron chi connectivity index (χ3n) is 3.01. The summed E-state index contributed by atoms with van der Waals surface area (Å²) < 4.78 is 0. The van der Waals surface area contributed by atoms with Crippen molar-refractivity contribution in [2.45, 2.75) is 19.8 Å². The number of carbonyl (C=O) groups excluding carboxylic acids is 1. The number of anilines is 1. The Morgan fingerprint density at radius 2 is 2.05 bits per heavy atom. The van der Waals surface area contributed by atoms with Crippen molar-refractivity contribution in [2.24, 2.45) is 5.73 Å². The van der Waals surface area contributed by atoms with Crippen LogP contribution in [0.4, 0.5) is 5.69 Å². The molecule has 0 unspecified atom stereocenters. The third-order valence-corrected chi connectivity index (χ3v) is 3.86. The number of nitrogens with one attached hydrogen (secondary N) is 1. The smallest absolute Gasteiger partial charge is 0.256 e. The lowest BCUT2D eigenvalue weighted by molar-refractivity contribution is 0.102. The van der Waals surface area contributed by atoms with Crippen LogP contribution in [0.25, 0.3) is 0 Å². The quantitative estimate of drug-likeness (QED) is 0.853. The fourth-order valence-corrected chi connectivity index (χ4v) is 2.57. The number of hydrogen-bond donors (Lipinski definition) is 2. The van der Waals surface area contributed by atoms with E-state index in [0.29, 0.717) is 18.0 Å². The Morgan fingerprint density at radius 1 is 1.33 bits per heavy atom. The van der Waals surface area contributed by atoms with Gasteiger partial charge in [0.05, 0.1) is 17.0 Å². The molecule has 0 aliphatic rings. The van der Waals surface area contributed by atoms with E-state index in [9.17, 15) is 4.79 Å². The highest BCUT2D eigenvalue weighted by Crippen LogP contribution is 2.19. The number of carbonyl (C=O) groups is 1. The molecule has 1 amide bonds. The van der Waals surface area contributed by atoms with Crippen LogP contribution in [0.1, 0.15) is 40.6 Å². The fourth-order valence-electron chi connectivity index (χ4n) is 1.81. The maximum Gasteiger partial charge on any atom is 0.256 e. The molecule has 2 aromatic rings. The average Bonchev–Trinajstić information content (AvgIpc) is 2.94. The van der Waals surface area contributed by atoms with Gasteiger partial charge in [-0.15, -0.1) is 11.3 Å². The SMILES string of the molecule is CC(C)c1ccc(NC(=O)c2csc(C#CCN)c2)cc1. The first-order valence-electron chi connectivity index (χ1n) is 6.79. The molecular weight excluding hydrogens is 280 g/mol. The number of nitrogens with two attached hydrogens (primary N) is 1. The molecule has 1 aromatic heterocycles. The van der Waals surface area contributed by atoms with Crippen LogP contribution in [0.15, 0.2) is 35.7 Å². The standard InChI is InChI=1S/C17H18N2OS/c1-12(2)13-5-7-15(8-6-13)19-17(20)14-10-16(21-11-14)4-3-9-18/h5-8,10-12H,9,18H2,1-2H3,(H,19,20). The average molecular weight is 298 g/mol. The number of benzene rings is 1. The van der Waals surface area contributed by atoms with Crippen molar-refractivity contribution < 1.29 is 4.79 Å². The predicted octanol–water partition coefficient (Wildman–Crippen LogP) is 3.43. The Balaban J connectivity index is 2.05. The van der Waals surface area contributed by atoms with Gasteiger partial charge in [-0.05, 0) is 29.7 Å². The largest absolute Gasteiger partial charge is 0.322 e. The van der Waals surface area contributed by atoms with E-state index in [1.807, 2.05) is 24.3 Å². The highest BCUT2D eigenvalue weighted by molar-refractivity contribution is 7.10. The van der Waals surface area contributed by atoms with Gasteiger partial charge in [0.25, 0.3) is 5.91 Å². The lowest BCUT2D eigenvalue weighted by atomic mass is 10.0. The Bertz CT molecular complexity index is 675. The van der Waals surface area contributed by atoms with Crippen molar-refractivity contribution in [3.63, 3.8) is 0 Å². The molecular formula is C17H18N2OS. The second-order valence-corrected chi connectivity index (χ2v) is 5.85. The van der Waals surface area contributed by atoms with Crippen LogP contribution in [0.5, 0.6) is 0 Å². The lowest BCUT2D eigenvalue weighted by Crippen LogP contribution is -2.10. The van der Waals surface area contributed by atoms with Gasteiger partial charge in [0.2, 0.25) is 0 Å². The molecule has 0 bridgehead atoms. The summed E-state index contributed by atoms with van der Waals surface area (Å²) in [4.78, 5) is 13.0. The molecule has 3 N–H and O–H groups in total. The van der Waals surface area contributed by atoms with Crippen molar-refractivity contribution in [3.05, 3.63) is 51.7 Å². The van der Waals surface area contributed by atoms with Crippen LogP contribution in [0.2, 0.25) is 0 Å². The predicted molar refractivity (Wildman–Crippen MR) is 88.7 cm³/mol. The second kappa shape index (κ2) is 7.07. The zero-order valence-corrected chi connectivity index (χ0v) is 13.0. The summed E-state index contributed by atoms with van der Waals surface area (Å²) in [5.41, 5.74) is 8.00. The fraction of sp³-hybridized carbons (Fsp3) is 0.235. The summed E-state index contributed by atoms with van der Waals surface area (Å²) >= 11 is 1.44. The number of rotatable bonds is 3. The highest BCUT2D eigenvalue weighted by atomic mass is 32.1. The molecule has 3 nitrogen and oxygen atoms in total. The van der Waals surface area contributed by atoms with Crippen LogP contribution in [-0.2, 0) is 0 Å². The van der Waals surface area contributed by atoms with Gasteiger partial charge in [0, 0.05) is 11.1 Å². The van der Waals surface area contributed by atoms with Gasteiger partial charge in [-0.1, -0.05) is 37.8 Å². The normalized spacial score (nSPS) is 10.1. The van der Waals surface area contributed by atoms with E-state index in [1.165, 1.54) is 16.9 Å². The Hall–Kier alpha value is -2.09. The molecule has 1 heterocycles. The Labute approximate surface area is 129 Å². The second-order valence-electron chi connectivity index (χ2n) is 4.94. The maximum atomic E-state index is 12.1. The molecule has 2 rings (SSSR count). The van der Waals surface area contributed by atoms with Crippen molar-refractivity contribution in [2.75, 3.05) is 11.9 Å². The van der Waals surface area contributed by atoms with Crippen molar-refractivity contribution >= 4 is 22.9 Å². The third kappa shape index (κ3) is 4.19. The van der Waals surface area contributed by atoms with Crippen molar-refractivity contribution in [1.29, 1.82) is 0 Å². The first-order valence-corrected chi connectivity index (χ1v) is 7.67. The van der Waals surface area contributed by atoms with E-state index in [4.69, 9.17) is 5.73 Å². The molecule has 0 radical (unpaired) electrons. The first kappa shape index (κ1) is 15.3. The van der Waals surface area contributed by atoms with Crippen LogP contribution in [0, 0.1) is 11.8 Å². The van der Waals surface area contributed by atoms with Gasteiger partial charge >= 0.3 is 0 Å².